The van der Waals surface area contributed by atoms with Gasteiger partial charge >= 0.3 is 5.97 Å². The quantitative estimate of drug-likeness (QED) is 0.775. The van der Waals surface area contributed by atoms with Crippen LogP contribution in [0.25, 0.3) is 0 Å². The normalized spacial score (nSPS) is 10.1. The number of ether oxygens (including phenoxy) is 1. The molecule has 0 fully saturated rings. The molecule has 0 radical (unpaired) electrons. The van der Waals surface area contributed by atoms with E-state index in [0.29, 0.717) is 24.2 Å². The zero-order chi connectivity index (χ0) is 18.9. The number of methoxy groups -OCH3 is 1. The predicted octanol–water partition coefficient (Wildman–Crippen LogP) is 2.50. The van der Waals surface area contributed by atoms with Gasteiger partial charge in [-0.2, -0.15) is 0 Å². The number of esters is 1. The van der Waals surface area contributed by atoms with Crippen LogP contribution in [0.5, 0.6) is 0 Å². The summed E-state index contributed by atoms with van der Waals surface area (Å²) in [4.78, 5) is 37.1. The summed E-state index contributed by atoms with van der Waals surface area (Å²) in [5.74, 6) is -0.969. The summed E-state index contributed by atoms with van der Waals surface area (Å²) in [5, 5.41) is 2.70. The highest BCUT2D eigenvalue weighted by Gasteiger charge is 2.14. The Balaban J connectivity index is 1.95. The van der Waals surface area contributed by atoms with Gasteiger partial charge in [0.15, 0.2) is 0 Å². The van der Waals surface area contributed by atoms with Gasteiger partial charge in [0, 0.05) is 19.2 Å². The molecule has 2 amide bonds. The Morgan fingerprint density at radius 3 is 2.42 bits per heavy atom. The molecular weight excluding hydrogens is 332 g/mol. The fourth-order valence-corrected chi connectivity index (χ4v) is 2.47. The monoisotopic (exact) mass is 354 g/mol. The van der Waals surface area contributed by atoms with Crippen LogP contribution < -0.4 is 5.32 Å². The first-order valence-corrected chi connectivity index (χ1v) is 8.27. The fraction of sp³-hybridized carbons (Fsp3) is 0.250. The van der Waals surface area contributed by atoms with E-state index < -0.39 is 5.97 Å². The number of nitrogens with one attached hydrogen (secondary N) is 1. The van der Waals surface area contributed by atoms with E-state index >= 15 is 0 Å². The molecule has 0 aromatic heterocycles. The Bertz CT molecular complexity index is 774. The van der Waals surface area contributed by atoms with Crippen molar-refractivity contribution in [3.8, 4) is 0 Å². The van der Waals surface area contributed by atoms with Crippen molar-refractivity contribution in [3.63, 3.8) is 0 Å². The molecule has 2 rings (SSSR count). The second-order valence-electron chi connectivity index (χ2n) is 5.80. The first kappa shape index (κ1) is 19.2. The van der Waals surface area contributed by atoms with E-state index in [0.717, 1.165) is 5.56 Å². The van der Waals surface area contributed by atoms with Crippen LogP contribution in [0.3, 0.4) is 0 Å². The molecule has 0 heterocycles. The fourth-order valence-electron chi connectivity index (χ4n) is 2.47. The molecule has 0 aliphatic rings. The molecule has 0 aliphatic heterocycles. The first-order chi connectivity index (χ1) is 12.5. The minimum absolute atomic E-state index is 0.0510. The number of anilines is 1. The molecule has 0 atom stereocenters. The van der Waals surface area contributed by atoms with Gasteiger partial charge in [0.25, 0.3) is 0 Å². The van der Waals surface area contributed by atoms with Crippen LogP contribution in [0.2, 0.25) is 0 Å². The van der Waals surface area contributed by atoms with Gasteiger partial charge in [-0.15, -0.1) is 0 Å². The lowest BCUT2D eigenvalue weighted by atomic mass is 10.1. The first-order valence-electron chi connectivity index (χ1n) is 8.27. The van der Waals surface area contributed by atoms with E-state index in [4.69, 9.17) is 0 Å². The molecule has 0 spiro atoms. The third-order valence-corrected chi connectivity index (χ3v) is 3.86. The average Bonchev–Trinajstić information content (AvgIpc) is 2.65. The van der Waals surface area contributed by atoms with Gasteiger partial charge in [-0.05, 0) is 30.2 Å². The molecule has 0 unspecified atom stereocenters. The summed E-state index contributed by atoms with van der Waals surface area (Å²) in [6.07, 6.45) is 0.672. The van der Waals surface area contributed by atoms with E-state index in [9.17, 15) is 14.4 Å². The van der Waals surface area contributed by atoms with E-state index in [1.165, 1.54) is 25.0 Å². The van der Waals surface area contributed by atoms with Crippen LogP contribution >= 0.6 is 0 Å². The van der Waals surface area contributed by atoms with E-state index in [-0.39, 0.29) is 18.4 Å². The standard InChI is InChI=1S/C20H22N2O4/c1-15(23)22(12-11-16-7-4-3-5-8-16)14-19(24)21-18-10-6-9-17(13-18)20(25)26-2/h3-10,13H,11-12,14H2,1-2H3,(H,21,24). The van der Waals surface area contributed by atoms with Gasteiger partial charge in [-0.3, -0.25) is 9.59 Å². The topological polar surface area (TPSA) is 75.7 Å². The second-order valence-corrected chi connectivity index (χ2v) is 5.80. The largest absolute Gasteiger partial charge is 0.465 e. The zero-order valence-corrected chi connectivity index (χ0v) is 14.9. The Kier molecular flexibility index (Phi) is 6.91. The van der Waals surface area contributed by atoms with Crippen LogP contribution in [0.4, 0.5) is 5.69 Å². The molecule has 2 aromatic carbocycles. The molecule has 6 nitrogen and oxygen atoms in total. The van der Waals surface area contributed by atoms with E-state index in [2.05, 4.69) is 10.1 Å². The molecule has 0 saturated heterocycles. The number of nitrogens with zero attached hydrogens (tertiary/aromatic N) is 1. The van der Waals surface area contributed by atoms with Crippen molar-refractivity contribution in [3.05, 3.63) is 65.7 Å². The summed E-state index contributed by atoms with van der Waals surface area (Å²) in [6, 6.07) is 16.2. The summed E-state index contributed by atoms with van der Waals surface area (Å²) in [5.41, 5.74) is 1.92. The summed E-state index contributed by atoms with van der Waals surface area (Å²) >= 11 is 0. The number of rotatable bonds is 7. The van der Waals surface area contributed by atoms with Crippen molar-refractivity contribution in [2.45, 2.75) is 13.3 Å². The second kappa shape index (κ2) is 9.36. The maximum absolute atomic E-state index is 12.3. The Morgan fingerprint density at radius 2 is 1.77 bits per heavy atom. The summed E-state index contributed by atoms with van der Waals surface area (Å²) in [7, 11) is 1.30. The number of amides is 2. The van der Waals surface area contributed by atoms with Gasteiger partial charge < -0.3 is 15.0 Å². The number of hydrogen-bond donors (Lipinski definition) is 1. The van der Waals surface area contributed by atoms with Gasteiger partial charge in [-0.25, -0.2) is 4.79 Å². The van der Waals surface area contributed by atoms with Crippen molar-refractivity contribution >= 4 is 23.5 Å². The highest BCUT2D eigenvalue weighted by atomic mass is 16.5. The molecule has 136 valence electrons. The molecule has 1 N–H and O–H groups in total. The number of carbonyl (C=O) groups is 3. The van der Waals surface area contributed by atoms with Gasteiger partial charge in [0.1, 0.15) is 0 Å². The van der Waals surface area contributed by atoms with Crippen molar-refractivity contribution in [1.29, 1.82) is 0 Å². The van der Waals surface area contributed by atoms with E-state index in [1.54, 1.807) is 18.2 Å². The van der Waals surface area contributed by atoms with Crippen molar-refractivity contribution < 1.29 is 19.1 Å². The lowest BCUT2D eigenvalue weighted by molar-refractivity contribution is -0.132. The third kappa shape index (κ3) is 5.73. The number of benzene rings is 2. The molecule has 6 heteroatoms. The van der Waals surface area contributed by atoms with E-state index in [1.807, 2.05) is 30.3 Å². The molecule has 2 aromatic rings. The number of hydrogen-bond acceptors (Lipinski definition) is 4. The lowest BCUT2D eigenvalue weighted by Gasteiger charge is -2.20. The minimum Gasteiger partial charge on any atom is -0.465 e. The molecule has 0 saturated carbocycles. The summed E-state index contributed by atoms with van der Waals surface area (Å²) in [6.45, 7) is 1.84. The molecule has 0 aliphatic carbocycles. The Labute approximate surface area is 152 Å². The van der Waals surface area contributed by atoms with Crippen LogP contribution in [0.15, 0.2) is 54.6 Å². The van der Waals surface area contributed by atoms with Crippen molar-refractivity contribution in [2.75, 3.05) is 25.5 Å². The van der Waals surface area contributed by atoms with Crippen LogP contribution in [0.1, 0.15) is 22.8 Å². The van der Waals surface area contributed by atoms with Gasteiger partial charge in [0.2, 0.25) is 11.8 Å². The maximum atomic E-state index is 12.3. The van der Waals surface area contributed by atoms with Gasteiger partial charge in [0.05, 0.1) is 19.2 Å². The molecule has 26 heavy (non-hydrogen) atoms. The zero-order valence-electron chi connectivity index (χ0n) is 14.9. The highest BCUT2D eigenvalue weighted by molar-refractivity contribution is 5.96. The maximum Gasteiger partial charge on any atom is 0.337 e. The third-order valence-electron chi connectivity index (χ3n) is 3.86. The molecule has 0 bridgehead atoms. The highest BCUT2D eigenvalue weighted by Crippen LogP contribution is 2.12. The predicted molar refractivity (Wildman–Crippen MR) is 98.8 cm³/mol. The average molecular weight is 354 g/mol. The lowest BCUT2D eigenvalue weighted by Crippen LogP contribution is -2.38. The van der Waals surface area contributed by atoms with Crippen LogP contribution in [-0.4, -0.2) is 42.9 Å². The van der Waals surface area contributed by atoms with Gasteiger partial charge in [-0.1, -0.05) is 36.4 Å². The summed E-state index contributed by atoms with van der Waals surface area (Å²) < 4.78 is 4.66. The number of carbonyl (C=O) groups excluding carboxylic acids is 3. The Morgan fingerprint density at radius 1 is 1.04 bits per heavy atom. The Hall–Kier alpha value is -3.15. The van der Waals surface area contributed by atoms with Crippen LogP contribution in [-0.2, 0) is 20.7 Å². The smallest absolute Gasteiger partial charge is 0.337 e. The minimum atomic E-state index is -0.477. The van der Waals surface area contributed by atoms with Crippen molar-refractivity contribution in [1.82, 2.24) is 4.90 Å². The SMILES string of the molecule is COC(=O)c1cccc(NC(=O)CN(CCc2ccccc2)C(C)=O)c1. The van der Waals surface area contributed by atoms with Crippen LogP contribution in [0, 0.1) is 0 Å². The van der Waals surface area contributed by atoms with Crippen molar-refractivity contribution in [2.24, 2.45) is 0 Å². The molecular formula is C20H22N2O4.